The Morgan fingerprint density at radius 3 is 2.61 bits per heavy atom. The molecule has 0 saturated carbocycles. The molecule has 6 heteroatoms. The van der Waals surface area contributed by atoms with Gasteiger partial charge in [-0.2, -0.15) is 0 Å². The van der Waals surface area contributed by atoms with Gasteiger partial charge in [0.2, 0.25) is 5.91 Å². The van der Waals surface area contributed by atoms with E-state index >= 15 is 0 Å². The number of hydrogen-bond donors (Lipinski definition) is 1. The molecule has 1 N–H and O–H groups in total. The zero-order chi connectivity index (χ0) is 13.3. The Kier molecular flexibility index (Phi) is 3.59. The lowest BCUT2D eigenvalue weighted by molar-refractivity contribution is -0.175. The quantitative estimate of drug-likeness (QED) is 0.744. The van der Waals surface area contributed by atoms with E-state index in [4.69, 9.17) is 9.84 Å². The van der Waals surface area contributed by atoms with E-state index in [-0.39, 0.29) is 18.4 Å². The summed E-state index contributed by atoms with van der Waals surface area (Å²) in [5.41, 5.74) is -0.488. The third kappa shape index (κ3) is 2.81. The Morgan fingerprint density at radius 1 is 1.44 bits per heavy atom. The van der Waals surface area contributed by atoms with Crippen LogP contribution in [-0.4, -0.2) is 72.2 Å². The largest absolute Gasteiger partial charge is 0.480 e. The minimum atomic E-state index is -0.974. The number of carboxylic acid groups (broad SMARTS) is 1. The molecule has 18 heavy (non-hydrogen) atoms. The molecule has 2 heterocycles. The lowest BCUT2D eigenvalue weighted by atomic mass is 9.93. The Labute approximate surface area is 106 Å². The van der Waals surface area contributed by atoms with E-state index < -0.39 is 11.6 Å². The van der Waals surface area contributed by atoms with Gasteiger partial charge in [0.25, 0.3) is 0 Å². The van der Waals surface area contributed by atoms with Crippen LogP contribution in [0.3, 0.4) is 0 Å². The number of carbonyl (C=O) groups excluding carboxylic acids is 1. The van der Waals surface area contributed by atoms with Crippen LogP contribution in [0.2, 0.25) is 0 Å². The summed E-state index contributed by atoms with van der Waals surface area (Å²) in [6.07, 6.45) is 0.915. The average Bonchev–Trinajstić information content (AvgIpc) is 2.68. The molecule has 0 bridgehead atoms. The lowest BCUT2D eigenvalue weighted by Gasteiger charge is -2.48. The number of carboxylic acids is 1. The molecule has 1 atom stereocenters. The molecule has 1 amide bonds. The predicted molar refractivity (Wildman–Crippen MR) is 64.2 cm³/mol. The summed E-state index contributed by atoms with van der Waals surface area (Å²) in [6.45, 7) is 4.34. The van der Waals surface area contributed by atoms with E-state index in [0.717, 1.165) is 19.5 Å². The fourth-order valence-corrected chi connectivity index (χ4v) is 2.64. The maximum Gasteiger partial charge on any atom is 0.329 e. The molecule has 1 unspecified atom stereocenters. The molecule has 0 spiro atoms. The highest BCUT2D eigenvalue weighted by Crippen LogP contribution is 2.28. The maximum atomic E-state index is 12.1. The van der Waals surface area contributed by atoms with Crippen LogP contribution < -0.4 is 0 Å². The smallest absolute Gasteiger partial charge is 0.329 e. The van der Waals surface area contributed by atoms with Crippen molar-refractivity contribution in [2.24, 2.45) is 5.92 Å². The highest BCUT2D eigenvalue weighted by molar-refractivity contribution is 5.80. The van der Waals surface area contributed by atoms with Gasteiger partial charge in [0.15, 0.2) is 0 Å². The monoisotopic (exact) mass is 256 g/mol. The fourth-order valence-electron chi connectivity index (χ4n) is 2.64. The predicted octanol–water partition coefficient (Wildman–Crippen LogP) is -0.360. The minimum Gasteiger partial charge on any atom is -0.480 e. The van der Waals surface area contributed by atoms with Crippen molar-refractivity contribution in [2.75, 3.05) is 39.8 Å². The van der Waals surface area contributed by atoms with Crippen LogP contribution in [0.4, 0.5) is 0 Å². The second-order valence-electron chi connectivity index (χ2n) is 5.57. The van der Waals surface area contributed by atoms with Crippen molar-refractivity contribution in [3.05, 3.63) is 0 Å². The van der Waals surface area contributed by atoms with Crippen LogP contribution in [0.5, 0.6) is 0 Å². The van der Waals surface area contributed by atoms with Crippen molar-refractivity contribution < 1.29 is 19.4 Å². The van der Waals surface area contributed by atoms with Gasteiger partial charge in [-0.25, -0.2) is 4.79 Å². The van der Waals surface area contributed by atoms with Gasteiger partial charge in [-0.1, -0.05) is 0 Å². The van der Waals surface area contributed by atoms with Gasteiger partial charge in [0.05, 0.1) is 19.0 Å². The minimum absolute atomic E-state index is 0.0963. The number of carbonyl (C=O) groups is 2. The van der Waals surface area contributed by atoms with Crippen LogP contribution in [0, 0.1) is 5.92 Å². The van der Waals surface area contributed by atoms with Crippen LogP contribution in [0.15, 0.2) is 0 Å². The summed E-state index contributed by atoms with van der Waals surface area (Å²) in [7, 11) is 2.02. The first kappa shape index (κ1) is 13.3. The number of likely N-dealkylation sites (tertiary alicyclic amines) is 2. The first-order valence-electron chi connectivity index (χ1n) is 6.23. The third-order valence-electron chi connectivity index (χ3n) is 3.65. The van der Waals surface area contributed by atoms with Gasteiger partial charge >= 0.3 is 5.97 Å². The van der Waals surface area contributed by atoms with Crippen molar-refractivity contribution in [1.29, 1.82) is 0 Å². The van der Waals surface area contributed by atoms with Gasteiger partial charge in [-0.15, -0.1) is 0 Å². The van der Waals surface area contributed by atoms with Crippen LogP contribution in [0.1, 0.15) is 13.3 Å². The van der Waals surface area contributed by atoms with Crippen LogP contribution >= 0.6 is 0 Å². The summed E-state index contributed by atoms with van der Waals surface area (Å²) in [6, 6.07) is 0. The Morgan fingerprint density at radius 2 is 2.11 bits per heavy atom. The molecule has 2 aliphatic rings. The summed E-state index contributed by atoms with van der Waals surface area (Å²) in [5, 5.41) is 8.56. The number of ether oxygens (including phenoxy) is 1. The molecule has 0 aromatic heterocycles. The van der Waals surface area contributed by atoms with Gasteiger partial charge in [0.1, 0.15) is 12.2 Å². The molecule has 2 fully saturated rings. The molecule has 0 aliphatic carbocycles. The van der Waals surface area contributed by atoms with E-state index in [1.54, 1.807) is 4.90 Å². The average molecular weight is 256 g/mol. The molecule has 2 aliphatic heterocycles. The second-order valence-corrected chi connectivity index (χ2v) is 5.57. The molecule has 2 rings (SSSR count). The third-order valence-corrected chi connectivity index (χ3v) is 3.65. The summed E-state index contributed by atoms with van der Waals surface area (Å²) < 4.78 is 5.29. The molecule has 0 radical (unpaired) electrons. The Bertz CT molecular complexity index is 352. The summed E-state index contributed by atoms with van der Waals surface area (Å²) in [5.74, 6) is -0.701. The number of rotatable bonds is 4. The van der Waals surface area contributed by atoms with Gasteiger partial charge in [-0.05, 0) is 26.9 Å². The first-order chi connectivity index (χ1) is 8.39. The Hall–Kier alpha value is -1.14. The van der Waals surface area contributed by atoms with Gasteiger partial charge < -0.3 is 19.6 Å². The summed E-state index contributed by atoms with van der Waals surface area (Å²) in [4.78, 5) is 26.5. The van der Waals surface area contributed by atoms with E-state index in [2.05, 4.69) is 4.90 Å². The number of aliphatic carboxylic acids is 1. The lowest BCUT2D eigenvalue weighted by Crippen LogP contribution is -2.64. The molecular weight excluding hydrogens is 236 g/mol. The molecule has 0 aromatic rings. The highest BCUT2D eigenvalue weighted by atomic mass is 16.5. The molecular formula is C12H20N2O4. The van der Waals surface area contributed by atoms with Crippen molar-refractivity contribution in [3.63, 3.8) is 0 Å². The van der Waals surface area contributed by atoms with E-state index in [9.17, 15) is 9.59 Å². The molecule has 6 nitrogen and oxygen atoms in total. The molecule has 102 valence electrons. The first-order valence-corrected chi connectivity index (χ1v) is 6.23. The van der Waals surface area contributed by atoms with Crippen LogP contribution in [-0.2, 0) is 14.3 Å². The van der Waals surface area contributed by atoms with Crippen LogP contribution in [0.25, 0.3) is 0 Å². The topological polar surface area (TPSA) is 70.1 Å². The summed E-state index contributed by atoms with van der Waals surface area (Å²) >= 11 is 0. The fraction of sp³-hybridized carbons (Fsp3) is 0.833. The van der Waals surface area contributed by atoms with Crippen molar-refractivity contribution in [3.8, 4) is 0 Å². The SMILES string of the molecule is CN1CCC(C(=O)N2CC(C)(OCC(=O)O)C2)C1. The number of amides is 1. The van der Waals surface area contributed by atoms with E-state index in [1.165, 1.54) is 0 Å². The number of hydrogen-bond acceptors (Lipinski definition) is 4. The standard InChI is InChI=1S/C12H20N2O4/c1-12(18-6-10(15)16)7-14(8-12)11(17)9-3-4-13(2)5-9/h9H,3-8H2,1-2H3,(H,15,16). The van der Waals surface area contributed by atoms with E-state index in [0.29, 0.717) is 13.1 Å². The van der Waals surface area contributed by atoms with Gasteiger partial charge in [-0.3, -0.25) is 4.79 Å². The maximum absolute atomic E-state index is 12.1. The van der Waals surface area contributed by atoms with E-state index in [1.807, 2.05) is 14.0 Å². The van der Waals surface area contributed by atoms with Crippen molar-refractivity contribution in [2.45, 2.75) is 18.9 Å². The molecule has 0 aromatic carbocycles. The second kappa shape index (κ2) is 4.85. The van der Waals surface area contributed by atoms with Crippen molar-refractivity contribution in [1.82, 2.24) is 9.80 Å². The Balaban J connectivity index is 1.77. The van der Waals surface area contributed by atoms with Crippen molar-refractivity contribution >= 4 is 11.9 Å². The zero-order valence-corrected chi connectivity index (χ0v) is 10.9. The van der Waals surface area contributed by atoms with Gasteiger partial charge in [0, 0.05) is 6.54 Å². The normalized spacial score (nSPS) is 27.0. The zero-order valence-electron chi connectivity index (χ0n) is 10.9. The number of nitrogens with zero attached hydrogens (tertiary/aromatic N) is 2. The highest BCUT2D eigenvalue weighted by Gasteiger charge is 2.45. The molecule has 2 saturated heterocycles.